The lowest BCUT2D eigenvalue weighted by molar-refractivity contribution is -0.931. The van der Waals surface area contributed by atoms with E-state index in [0.29, 0.717) is 16.0 Å². The van der Waals surface area contributed by atoms with Crippen LogP contribution in [-0.4, -0.2) is 61.3 Å². The van der Waals surface area contributed by atoms with Gasteiger partial charge < -0.3 is 48.1 Å². The van der Waals surface area contributed by atoms with Gasteiger partial charge in [0, 0.05) is 5.56 Å². The Labute approximate surface area is 143 Å². The second kappa shape index (κ2) is 6.68. The molecule has 2 N–H and O–H groups in total. The smallest absolute Gasteiger partial charge is 0.161 e. The van der Waals surface area contributed by atoms with Crippen LogP contribution in [0.3, 0.4) is 0 Å². The molecule has 1 aliphatic heterocycles. The predicted molar refractivity (Wildman–Crippen MR) is 75.9 cm³/mol. The van der Waals surface area contributed by atoms with Crippen LogP contribution < -0.4 is 33.5 Å². The fourth-order valence-electron chi connectivity index (χ4n) is 3.13. The van der Waals surface area contributed by atoms with Crippen molar-refractivity contribution in [2.75, 3.05) is 28.3 Å². The van der Waals surface area contributed by atoms with E-state index >= 15 is 0 Å². The number of likely N-dealkylation sites (N-methyl/N-ethyl adjacent to an activating group) is 1. The molecule has 21 heavy (non-hydrogen) atoms. The first-order valence-corrected chi connectivity index (χ1v) is 6.76. The second-order valence-corrected chi connectivity index (χ2v) is 5.91. The number of quaternary nitrogens is 1. The zero-order valence-electron chi connectivity index (χ0n) is 13.1. The van der Waals surface area contributed by atoms with Gasteiger partial charge in [0.05, 0.1) is 28.3 Å². The third-order valence-electron chi connectivity index (χ3n) is 4.68. The van der Waals surface area contributed by atoms with Gasteiger partial charge in [0.25, 0.3) is 0 Å². The Morgan fingerprint density at radius 1 is 1.00 bits per heavy atom. The number of ether oxygens (including phenoxy) is 2. The van der Waals surface area contributed by atoms with Gasteiger partial charge >= 0.3 is 0 Å². The zero-order chi connectivity index (χ0) is 15.1. The first kappa shape index (κ1) is 18.5. The molecule has 0 aromatic heterocycles. The molecule has 1 saturated heterocycles. The highest BCUT2D eigenvalue weighted by atomic mass is 127. The summed E-state index contributed by atoms with van der Waals surface area (Å²) >= 11 is 0. The highest BCUT2D eigenvalue weighted by molar-refractivity contribution is 5.44. The van der Waals surface area contributed by atoms with Crippen LogP contribution in [0.2, 0.25) is 0 Å². The molecule has 2 unspecified atom stereocenters. The van der Waals surface area contributed by atoms with Gasteiger partial charge in [-0.1, -0.05) is 0 Å². The van der Waals surface area contributed by atoms with Crippen LogP contribution in [0.25, 0.3) is 0 Å². The van der Waals surface area contributed by atoms with Gasteiger partial charge in [-0.3, -0.25) is 0 Å². The Morgan fingerprint density at radius 2 is 1.57 bits per heavy atom. The van der Waals surface area contributed by atoms with E-state index in [1.54, 1.807) is 14.2 Å². The van der Waals surface area contributed by atoms with Crippen molar-refractivity contribution < 1.29 is 48.1 Å². The van der Waals surface area contributed by atoms with Crippen LogP contribution in [0.4, 0.5) is 0 Å². The van der Waals surface area contributed by atoms with Crippen molar-refractivity contribution in [3.63, 3.8) is 0 Å². The summed E-state index contributed by atoms with van der Waals surface area (Å²) in [5.74, 6) is 1.29. The van der Waals surface area contributed by atoms with Crippen molar-refractivity contribution in [3.8, 4) is 11.5 Å². The van der Waals surface area contributed by atoms with E-state index in [4.69, 9.17) is 9.47 Å². The van der Waals surface area contributed by atoms with Crippen molar-refractivity contribution >= 4 is 0 Å². The highest BCUT2D eigenvalue weighted by Gasteiger charge is 2.54. The van der Waals surface area contributed by atoms with Gasteiger partial charge in [-0.05, 0) is 25.1 Å². The average Bonchev–Trinajstić information content (AvgIpc) is 2.58. The number of aliphatic hydroxyl groups excluding tert-OH is 2. The van der Waals surface area contributed by atoms with Crippen molar-refractivity contribution in [2.24, 2.45) is 0 Å². The maximum Gasteiger partial charge on any atom is 0.161 e. The lowest BCUT2D eigenvalue weighted by atomic mass is 10.00. The molecule has 1 fully saturated rings. The van der Waals surface area contributed by atoms with Gasteiger partial charge in [0.1, 0.15) is 24.3 Å². The monoisotopic (exact) mass is 409 g/mol. The average molecular weight is 409 g/mol. The standard InChI is InChI=1S/C15H24NO4.HI/c1-9-14(17)15(18)13(16(9,2)3)10-6-7-11(19-4)12(8-10)20-5;/h6-9,13-15,17-18H,1-5H3;1H/q+1;/p-1/t9?,13?,14-,15-;/m1./s1. The van der Waals surface area contributed by atoms with Gasteiger partial charge in [-0.15, -0.1) is 0 Å². The van der Waals surface area contributed by atoms with Crippen LogP contribution >= 0.6 is 0 Å². The summed E-state index contributed by atoms with van der Waals surface area (Å²) in [5, 5.41) is 20.5. The number of halogens is 1. The summed E-state index contributed by atoms with van der Waals surface area (Å²) in [5.41, 5.74) is 0.934. The molecule has 0 spiro atoms. The molecule has 0 amide bonds. The number of nitrogens with zero attached hydrogens (tertiary/aromatic N) is 1. The number of likely N-dealkylation sites (tertiary alicyclic amines) is 1. The van der Waals surface area contributed by atoms with Crippen LogP contribution in [-0.2, 0) is 0 Å². The molecule has 120 valence electrons. The summed E-state index contributed by atoms with van der Waals surface area (Å²) in [7, 11) is 7.22. The first-order valence-electron chi connectivity index (χ1n) is 6.76. The SMILES string of the molecule is COc1ccc(C2[C@@H](O)[C@H](O)C(C)[N+]2(C)C)cc1OC.[I-]. The lowest BCUT2D eigenvalue weighted by Crippen LogP contribution is -3.00. The molecule has 2 rings (SSSR count). The number of hydrogen-bond donors (Lipinski definition) is 2. The van der Waals surface area contributed by atoms with E-state index in [1.807, 2.05) is 39.2 Å². The molecule has 0 bridgehead atoms. The Balaban J connectivity index is 0.00000220. The summed E-state index contributed by atoms with van der Waals surface area (Å²) in [6.45, 7) is 1.95. The second-order valence-electron chi connectivity index (χ2n) is 5.91. The summed E-state index contributed by atoms with van der Waals surface area (Å²) in [6.07, 6.45) is -1.53. The number of aliphatic hydroxyl groups is 2. The topological polar surface area (TPSA) is 58.9 Å². The molecule has 1 aliphatic rings. The molecular formula is C15H24INO4. The largest absolute Gasteiger partial charge is 1.00 e. The minimum absolute atomic E-state index is 0. The van der Waals surface area contributed by atoms with Gasteiger partial charge in [0.15, 0.2) is 11.5 Å². The minimum Gasteiger partial charge on any atom is -1.00 e. The quantitative estimate of drug-likeness (QED) is 0.446. The maximum absolute atomic E-state index is 10.4. The Morgan fingerprint density at radius 3 is 2.00 bits per heavy atom. The molecular weight excluding hydrogens is 385 g/mol. The predicted octanol–water partition coefficient (Wildman–Crippen LogP) is -2.05. The third kappa shape index (κ3) is 2.99. The minimum atomic E-state index is -0.793. The molecule has 1 aromatic rings. The summed E-state index contributed by atoms with van der Waals surface area (Å²) in [4.78, 5) is 0. The Bertz CT molecular complexity index is 495. The van der Waals surface area contributed by atoms with Gasteiger partial charge in [-0.2, -0.15) is 0 Å². The Kier molecular flexibility index (Phi) is 5.88. The molecule has 4 atom stereocenters. The van der Waals surface area contributed by atoms with E-state index in [2.05, 4.69) is 0 Å². The molecule has 6 heteroatoms. The van der Waals surface area contributed by atoms with Crippen LogP contribution in [0, 0.1) is 0 Å². The molecule has 0 aliphatic carbocycles. The number of benzene rings is 1. The number of methoxy groups -OCH3 is 2. The van der Waals surface area contributed by atoms with Crippen molar-refractivity contribution in [2.45, 2.75) is 31.2 Å². The van der Waals surface area contributed by atoms with E-state index < -0.39 is 12.2 Å². The maximum atomic E-state index is 10.4. The van der Waals surface area contributed by atoms with Gasteiger partial charge in [-0.25, -0.2) is 0 Å². The molecule has 0 saturated carbocycles. The fraction of sp³-hybridized carbons (Fsp3) is 0.600. The first-order chi connectivity index (χ1) is 9.34. The van der Waals surface area contributed by atoms with E-state index in [0.717, 1.165) is 5.56 Å². The number of hydrogen-bond acceptors (Lipinski definition) is 4. The zero-order valence-corrected chi connectivity index (χ0v) is 15.2. The van der Waals surface area contributed by atoms with E-state index in [1.165, 1.54) is 0 Å². The molecule has 5 nitrogen and oxygen atoms in total. The highest BCUT2D eigenvalue weighted by Crippen LogP contribution is 2.42. The van der Waals surface area contributed by atoms with Crippen LogP contribution in [0.15, 0.2) is 18.2 Å². The molecule has 1 heterocycles. The van der Waals surface area contributed by atoms with E-state index in [9.17, 15) is 10.2 Å². The van der Waals surface area contributed by atoms with Crippen LogP contribution in [0.1, 0.15) is 18.5 Å². The fourth-order valence-corrected chi connectivity index (χ4v) is 3.13. The van der Waals surface area contributed by atoms with Crippen molar-refractivity contribution in [3.05, 3.63) is 23.8 Å². The molecule has 1 aromatic carbocycles. The normalized spacial score (nSPS) is 30.6. The van der Waals surface area contributed by atoms with Crippen molar-refractivity contribution in [1.29, 1.82) is 0 Å². The van der Waals surface area contributed by atoms with Gasteiger partial charge in [0.2, 0.25) is 0 Å². The summed E-state index contributed by atoms with van der Waals surface area (Å²) < 4.78 is 11.1. The number of rotatable bonds is 3. The van der Waals surface area contributed by atoms with Crippen molar-refractivity contribution in [1.82, 2.24) is 0 Å². The Hall–Kier alpha value is -0.570. The lowest BCUT2D eigenvalue weighted by Gasteiger charge is -2.36. The summed E-state index contributed by atoms with van der Waals surface area (Å²) in [6, 6.07) is 5.39. The van der Waals surface area contributed by atoms with Crippen LogP contribution in [0.5, 0.6) is 11.5 Å². The molecule has 0 radical (unpaired) electrons. The van der Waals surface area contributed by atoms with E-state index in [-0.39, 0.29) is 36.1 Å². The third-order valence-corrected chi connectivity index (χ3v) is 4.68.